The first kappa shape index (κ1) is 17.7. The van der Waals surface area contributed by atoms with E-state index in [1.54, 1.807) is 24.4 Å². The van der Waals surface area contributed by atoms with Crippen LogP contribution in [0, 0.1) is 0 Å². The van der Waals surface area contributed by atoms with Gasteiger partial charge in [0.1, 0.15) is 0 Å². The average Bonchev–Trinajstić information content (AvgIpc) is 2.60. The topological polar surface area (TPSA) is 62.7 Å². The maximum Gasteiger partial charge on any atom is 0.249 e. The van der Waals surface area contributed by atoms with Gasteiger partial charge in [-0.25, -0.2) is 0 Å². The number of halogens is 3. The lowest BCUT2D eigenvalue weighted by atomic mass is 10.1. The Hall–Kier alpha value is -2.08. The van der Waals surface area contributed by atoms with Gasteiger partial charge in [-0.15, -0.1) is 5.10 Å². The third-order valence-corrected chi connectivity index (χ3v) is 4.27. The van der Waals surface area contributed by atoms with Crippen molar-refractivity contribution in [1.82, 2.24) is 15.2 Å². The average molecular weight is 395 g/mol. The van der Waals surface area contributed by atoms with E-state index in [1.165, 1.54) is 5.56 Å². The molecule has 0 atom stereocenters. The number of hydrogen-bond acceptors (Lipinski definition) is 5. The fraction of sp³-hybridized carbons (Fsp3) is 0.118. The van der Waals surface area contributed by atoms with Crippen molar-refractivity contribution in [2.75, 3.05) is 17.2 Å². The van der Waals surface area contributed by atoms with Crippen LogP contribution in [-0.2, 0) is 6.42 Å². The number of nitrogens with one attached hydrogen (secondary N) is 2. The quantitative estimate of drug-likeness (QED) is 0.599. The van der Waals surface area contributed by atoms with Crippen LogP contribution in [-0.4, -0.2) is 21.7 Å². The van der Waals surface area contributed by atoms with Gasteiger partial charge in [0.25, 0.3) is 0 Å². The van der Waals surface area contributed by atoms with Gasteiger partial charge < -0.3 is 10.6 Å². The highest BCUT2D eigenvalue weighted by Gasteiger charge is 2.08. The van der Waals surface area contributed by atoms with Crippen molar-refractivity contribution >= 4 is 52.3 Å². The van der Waals surface area contributed by atoms with Crippen molar-refractivity contribution in [3.8, 4) is 0 Å². The van der Waals surface area contributed by atoms with Crippen LogP contribution in [0.1, 0.15) is 5.56 Å². The van der Waals surface area contributed by atoms with Crippen LogP contribution in [0.15, 0.2) is 48.7 Å². The molecule has 0 aliphatic carbocycles. The maximum atomic E-state index is 6.13. The number of aromatic nitrogens is 3. The molecular formula is C17H14Cl3N5. The Balaban J connectivity index is 1.62. The molecule has 3 aromatic rings. The van der Waals surface area contributed by atoms with Gasteiger partial charge in [-0.1, -0.05) is 53.0 Å². The molecule has 0 spiro atoms. The lowest BCUT2D eigenvalue weighted by Crippen LogP contribution is -2.09. The predicted molar refractivity (Wildman–Crippen MR) is 103 cm³/mol. The molecular weight excluding hydrogens is 381 g/mol. The predicted octanol–water partition coefficient (Wildman–Crippen LogP) is 5.23. The summed E-state index contributed by atoms with van der Waals surface area (Å²) in [7, 11) is 0. The summed E-state index contributed by atoms with van der Waals surface area (Å²) in [5, 5.41) is 15.8. The molecule has 0 aliphatic heterocycles. The molecule has 0 bridgehead atoms. The van der Waals surface area contributed by atoms with Gasteiger partial charge in [0.15, 0.2) is 5.82 Å². The van der Waals surface area contributed by atoms with Crippen molar-refractivity contribution in [2.24, 2.45) is 0 Å². The Morgan fingerprint density at radius 1 is 0.920 bits per heavy atom. The monoisotopic (exact) mass is 393 g/mol. The molecule has 128 valence electrons. The first-order valence-electron chi connectivity index (χ1n) is 7.51. The largest absolute Gasteiger partial charge is 0.368 e. The second-order valence-corrected chi connectivity index (χ2v) is 6.44. The highest BCUT2D eigenvalue weighted by atomic mass is 35.5. The summed E-state index contributed by atoms with van der Waals surface area (Å²) in [6.45, 7) is 0.701. The number of para-hydroxylation sites is 1. The van der Waals surface area contributed by atoms with E-state index in [0.717, 1.165) is 11.4 Å². The van der Waals surface area contributed by atoms with Gasteiger partial charge in [0, 0.05) is 11.6 Å². The fourth-order valence-corrected chi connectivity index (χ4v) is 2.77. The van der Waals surface area contributed by atoms with Gasteiger partial charge in [0.2, 0.25) is 5.95 Å². The number of nitrogens with zero attached hydrogens (tertiary/aromatic N) is 3. The van der Waals surface area contributed by atoms with Crippen LogP contribution in [0.5, 0.6) is 0 Å². The highest BCUT2D eigenvalue weighted by Crippen LogP contribution is 2.31. The smallest absolute Gasteiger partial charge is 0.249 e. The summed E-state index contributed by atoms with van der Waals surface area (Å²) in [6.07, 6.45) is 2.39. The standard InChI is InChI=1S/C17H14Cl3N5/c18-12-6-4-11(5-7-12)8-9-21-15-10-22-25-17(23-15)24-16-13(19)2-1-3-14(16)20/h1-7,10H,8-9H2,(H2,21,23,24,25). The van der Waals surface area contributed by atoms with Crippen molar-refractivity contribution in [3.63, 3.8) is 0 Å². The number of rotatable bonds is 6. The Labute approximate surface area is 160 Å². The van der Waals surface area contributed by atoms with Crippen molar-refractivity contribution in [1.29, 1.82) is 0 Å². The van der Waals surface area contributed by atoms with Crippen LogP contribution in [0.25, 0.3) is 0 Å². The summed E-state index contributed by atoms with van der Waals surface area (Å²) >= 11 is 18.1. The summed E-state index contributed by atoms with van der Waals surface area (Å²) in [6, 6.07) is 13.0. The minimum atomic E-state index is 0.312. The minimum Gasteiger partial charge on any atom is -0.368 e. The molecule has 1 heterocycles. The number of benzene rings is 2. The van der Waals surface area contributed by atoms with Gasteiger partial charge in [0.05, 0.1) is 21.9 Å². The second kappa shape index (κ2) is 8.34. The molecule has 0 fully saturated rings. The Kier molecular flexibility index (Phi) is 5.91. The zero-order chi connectivity index (χ0) is 17.6. The van der Waals surface area contributed by atoms with Gasteiger partial charge in [-0.05, 0) is 36.2 Å². The van der Waals surface area contributed by atoms with Gasteiger partial charge in [-0.3, -0.25) is 0 Å². The SMILES string of the molecule is Clc1ccc(CCNc2cnnc(Nc3c(Cl)cccc3Cl)n2)cc1. The van der Waals surface area contributed by atoms with E-state index >= 15 is 0 Å². The molecule has 2 N–H and O–H groups in total. The lowest BCUT2D eigenvalue weighted by Gasteiger charge is -2.10. The zero-order valence-corrected chi connectivity index (χ0v) is 15.3. The van der Waals surface area contributed by atoms with E-state index in [9.17, 15) is 0 Å². The van der Waals surface area contributed by atoms with E-state index in [0.29, 0.717) is 34.0 Å². The molecule has 2 aromatic carbocycles. The van der Waals surface area contributed by atoms with Crippen molar-refractivity contribution in [3.05, 3.63) is 69.3 Å². The van der Waals surface area contributed by atoms with Gasteiger partial charge in [-0.2, -0.15) is 10.1 Å². The molecule has 0 saturated carbocycles. The number of anilines is 3. The fourth-order valence-electron chi connectivity index (χ4n) is 2.16. The van der Waals surface area contributed by atoms with E-state index in [4.69, 9.17) is 34.8 Å². The Morgan fingerprint density at radius 3 is 2.36 bits per heavy atom. The van der Waals surface area contributed by atoms with Crippen LogP contribution >= 0.6 is 34.8 Å². The van der Waals surface area contributed by atoms with Crippen LogP contribution in [0.4, 0.5) is 17.5 Å². The lowest BCUT2D eigenvalue weighted by molar-refractivity contribution is 0.950. The third kappa shape index (κ3) is 4.95. The summed E-state index contributed by atoms with van der Waals surface area (Å²) in [5.41, 5.74) is 1.73. The molecule has 8 heteroatoms. The van der Waals surface area contributed by atoms with Crippen LogP contribution in [0.2, 0.25) is 15.1 Å². The first-order chi connectivity index (χ1) is 12.1. The van der Waals surface area contributed by atoms with Crippen molar-refractivity contribution in [2.45, 2.75) is 6.42 Å². The zero-order valence-electron chi connectivity index (χ0n) is 13.0. The minimum absolute atomic E-state index is 0.312. The molecule has 0 unspecified atom stereocenters. The molecule has 0 saturated heterocycles. The molecule has 0 amide bonds. The molecule has 1 aromatic heterocycles. The maximum absolute atomic E-state index is 6.13. The second-order valence-electron chi connectivity index (χ2n) is 5.19. The molecule has 5 nitrogen and oxygen atoms in total. The van der Waals surface area contributed by atoms with E-state index in [2.05, 4.69) is 25.8 Å². The van der Waals surface area contributed by atoms with Crippen LogP contribution in [0.3, 0.4) is 0 Å². The molecule has 0 aliphatic rings. The summed E-state index contributed by atoms with van der Waals surface area (Å²) in [4.78, 5) is 4.36. The van der Waals surface area contributed by atoms with Crippen LogP contribution < -0.4 is 10.6 Å². The number of hydrogen-bond donors (Lipinski definition) is 2. The Bertz CT molecular complexity index is 835. The molecule has 0 radical (unpaired) electrons. The van der Waals surface area contributed by atoms with Crippen molar-refractivity contribution < 1.29 is 0 Å². The van der Waals surface area contributed by atoms with E-state index < -0.39 is 0 Å². The summed E-state index contributed by atoms with van der Waals surface area (Å²) in [5.74, 6) is 0.918. The molecule has 3 rings (SSSR count). The first-order valence-corrected chi connectivity index (χ1v) is 8.64. The normalized spacial score (nSPS) is 10.5. The van der Waals surface area contributed by atoms with E-state index in [1.807, 2.05) is 24.3 Å². The third-order valence-electron chi connectivity index (χ3n) is 3.39. The highest BCUT2D eigenvalue weighted by molar-refractivity contribution is 6.39. The summed E-state index contributed by atoms with van der Waals surface area (Å²) < 4.78 is 0. The molecule has 25 heavy (non-hydrogen) atoms. The van der Waals surface area contributed by atoms with E-state index in [-0.39, 0.29) is 0 Å². The Morgan fingerprint density at radius 2 is 1.64 bits per heavy atom. The van der Waals surface area contributed by atoms with Gasteiger partial charge >= 0.3 is 0 Å².